The van der Waals surface area contributed by atoms with Gasteiger partial charge in [-0.1, -0.05) is 37.3 Å². The predicted octanol–water partition coefficient (Wildman–Crippen LogP) is 2.67. The van der Waals surface area contributed by atoms with Gasteiger partial charge >= 0.3 is 0 Å². The molecule has 0 aromatic heterocycles. The van der Waals surface area contributed by atoms with E-state index >= 15 is 0 Å². The first-order chi connectivity index (χ1) is 8.57. The van der Waals surface area contributed by atoms with Crippen molar-refractivity contribution in [2.24, 2.45) is 11.8 Å². The molecule has 2 unspecified atom stereocenters. The highest BCUT2D eigenvalue weighted by Crippen LogP contribution is 2.36. The fourth-order valence-corrected chi connectivity index (χ4v) is 2.49. The Morgan fingerprint density at radius 2 is 1.78 bits per heavy atom. The van der Waals surface area contributed by atoms with E-state index in [4.69, 9.17) is 0 Å². The van der Waals surface area contributed by atoms with E-state index in [0.29, 0.717) is 12.0 Å². The molecular formula is C15H16O3. The maximum Gasteiger partial charge on any atom is 0.174 e. The molecule has 0 saturated heterocycles. The molecule has 94 valence electrons. The maximum absolute atomic E-state index is 12.4. The number of hydrogen-bond acceptors (Lipinski definition) is 3. The van der Waals surface area contributed by atoms with E-state index in [-0.39, 0.29) is 22.9 Å². The van der Waals surface area contributed by atoms with Crippen molar-refractivity contribution in [1.82, 2.24) is 0 Å². The van der Waals surface area contributed by atoms with Gasteiger partial charge in [0.05, 0.1) is 17.4 Å². The molecule has 2 rings (SSSR count). The Hall–Kier alpha value is -1.90. The average molecular weight is 244 g/mol. The van der Waals surface area contributed by atoms with Gasteiger partial charge in [0.1, 0.15) is 5.76 Å². The third-order valence-electron chi connectivity index (χ3n) is 3.29. The zero-order valence-corrected chi connectivity index (χ0v) is 10.5. The molecule has 1 fully saturated rings. The quantitative estimate of drug-likeness (QED) is 0.570. The summed E-state index contributed by atoms with van der Waals surface area (Å²) in [5, 5.41) is 9.68. The zero-order valence-electron chi connectivity index (χ0n) is 10.5. The molecule has 2 aliphatic rings. The lowest BCUT2D eigenvalue weighted by Crippen LogP contribution is -2.38. The molecule has 0 bridgehead atoms. The van der Waals surface area contributed by atoms with Crippen molar-refractivity contribution in [3.05, 3.63) is 47.3 Å². The number of allylic oxidation sites excluding steroid dienone is 8. The van der Waals surface area contributed by atoms with E-state index < -0.39 is 11.8 Å². The normalized spacial score (nSPS) is 31.8. The van der Waals surface area contributed by atoms with Gasteiger partial charge in [-0.05, 0) is 13.3 Å². The number of carbonyl (C=O) groups excluding carboxylic acids is 2. The first-order valence-corrected chi connectivity index (χ1v) is 6.11. The summed E-state index contributed by atoms with van der Waals surface area (Å²) in [4.78, 5) is 24.7. The standard InChI is InChI=1S/C15H16O3/c1-3-6-12-13(9(2)16)15(18)11-8-5-4-7-10(11)14(12)17/h4-8,10-11,16H,3H2,1-2H3/b12-6+,13-9-. The minimum Gasteiger partial charge on any atom is -0.512 e. The first kappa shape index (κ1) is 12.6. The second-order valence-electron chi connectivity index (χ2n) is 4.54. The van der Waals surface area contributed by atoms with E-state index in [9.17, 15) is 14.7 Å². The molecule has 0 radical (unpaired) electrons. The molecule has 2 aliphatic carbocycles. The third-order valence-corrected chi connectivity index (χ3v) is 3.29. The van der Waals surface area contributed by atoms with Crippen molar-refractivity contribution >= 4 is 11.6 Å². The van der Waals surface area contributed by atoms with Gasteiger partial charge in [-0.25, -0.2) is 0 Å². The highest BCUT2D eigenvalue weighted by Gasteiger charge is 2.42. The Morgan fingerprint density at radius 1 is 1.22 bits per heavy atom. The molecule has 0 heterocycles. The molecular weight excluding hydrogens is 228 g/mol. The fourth-order valence-electron chi connectivity index (χ4n) is 2.49. The smallest absolute Gasteiger partial charge is 0.174 e. The van der Waals surface area contributed by atoms with E-state index in [1.165, 1.54) is 6.92 Å². The summed E-state index contributed by atoms with van der Waals surface area (Å²) in [6.45, 7) is 3.35. The van der Waals surface area contributed by atoms with Crippen LogP contribution in [0.3, 0.4) is 0 Å². The van der Waals surface area contributed by atoms with Gasteiger partial charge in [-0.2, -0.15) is 0 Å². The largest absolute Gasteiger partial charge is 0.512 e. The van der Waals surface area contributed by atoms with E-state index in [0.717, 1.165) is 0 Å². The maximum atomic E-state index is 12.4. The summed E-state index contributed by atoms with van der Waals surface area (Å²) in [6.07, 6.45) is 9.43. The summed E-state index contributed by atoms with van der Waals surface area (Å²) < 4.78 is 0. The molecule has 2 atom stereocenters. The predicted molar refractivity (Wildman–Crippen MR) is 69.0 cm³/mol. The van der Waals surface area contributed by atoms with Crippen molar-refractivity contribution in [2.45, 2.75) is 20.3 Å². The molecule has 3 heteroatoms. The van der Waals surface area contributed by atoms with Crippen LogP contribution in [0.25, 0.3) is 0 Å². The number of hydrogen-bond donors (Lipinski definition) is 1. The number of aliphatic hydroxyl groups is 1. The summed E-state index contributed by atoms with van der Waals surface area (Å²) in [5.41, 5.74) is 0.548. The van der Waals surface area contributed by atoms with Gasteiger partial charge in [0.25, 0.3) is 0 Å². The molecule has 0 spiro atoms. The van der Waals surface area contributed by atoms with E-state index in [1.54, 1.807) is 30.4 Å². The molecule has 0 aliphatic heterocycles. The van der Waals surface area contributed by atoms with Crippen LogP contribution in [0.2, 0.25) is 0 Å². The van der Waals surface area contributed by atoms with Crippen LogP contribution in [-0.2, 0) is 9.59 Å². The minimum atomic E-state index is -0.464. The fraction of sp³-hybridized carbons (Fsp3) is 0.333. The lowest BCUT2D eigenvalue weighted by molar-refractivity contribution is -0.128. The van der Waals surface area contributed by atoms with Crippen LogP contribution in [0, 0.1) is 11.8 Å². The van der Waals surface area contributed by atoms with Gasteiger partial charge in [-0.3, -0.25) is 9.59 Å². The third kappa shape index (κ3) is 1.86. The van der Waals surface area contributed by atoms with Gasteiger partial charge in [0.15, 0.2) is 11.6 Å². The zero-order chi connectivity index (χ0) is 13.3. The SMILES string of the molecule is CC/C=C1/C(=O)C2C=CC=CC2C(=O)/C1=C(/C)O. The Kier molecular flexibility index (Phi) is 3.32. The van der Waals surface area contributed by atoms with Gasteiger partial charge in [-0.15, -0.1) is 0 Å². The van der Waals surface area contributed by atoms with Crippen molar-refractivity contribution in [1.29, 1.82) is 0 Å². The summed E-state index contributed by atoms with van der Waals surface area (Å²) in [5.74, 6) is -1.20. The highest BCUT2D eigenvalue weighted by atomic mass is 16.3. The molecule has 1 saturated carbocycles. The molecule has 1 N–H and O–H groups in total. The number of Topliss-reactive ketones (excluding diaryl/α,β-unsaturated/α-hetero) is 2. The lowest BCUT2D eigenvalue weighted by atomic mass is 9.70. The lowest BCUT2D eigenvalue weighted by Gasteiger charge is -2.30. The Labute approximate surface area is 106 Å². The van der Waals surface area contributed by atoms with Crippen LogP contribution in [0.15, 0.2) is 47.3 Å². The van der Waals surface area contributed by atoms with Crippen LogP contribution in [-0.4, -0.2) is 16.7 Å². The van der Waals surface area contributed by atoms with Gasteiger partial charge in [0.2, 0.25) is 0 Å². The van der Waals surface area contributed by atoms with Crippen LogP contribution in [0.4, 0.5) is 0 Å². The van der Waals surface area contributed by atoms with Gasteiger partial charge in [0, 0.05) is 5.57 Å². The molecule has 18 heavy (non-hydrogen) atoms. The molecule has 0 aromatic carbocycles. The van der Waals surface area contributed by atoms with Crippen molar-refractivity contribution in [2.75, 3.05) is 0 Å². The van der Waals surface area contributed by atoms with Crippen molar-refractivity contribution in [3.63, 3.8) is 0 Å². The number of fused-ring (bicyclic) bond motifs is 1. The van der Waals surface area contributed by atoms with Crippen LogP contribution >= 0.6 is 0 Å². The van der Waals surface area contributed by atoms with Crippen LogP contribution < -0.4 is 0 Å². The summed E-state index contributed by atoms with van der Waals surface area (Å²) >= 11 is 0. The number of aliphatic hydroxyl groups excluding tert-OH is 1. The van der Waals surface area contributed by atoms with E-state index in [1.807, 2.05) is 6.92 Å². The topological polar surface area (TPSA) is 54.4 Å². The van der Waals surface area contributed by atoms with Crippen molar-refractivity contribution in [3.8, 4) is 0 Å². The average Bonchev–Trinajstić information content (AvgIpc) is 2.35. The monoisotopic (exact) mass is 244 g/mol. The molecule has 0 aromatic rings. The second-order valence-corrected chi connectivity index (χ2v) is 4.54. The molecule has 0 amide bonds. The highest BCUT2D eigenvalue weighted by molar-refractivity contribution is 6.20. The van der Waals surface area contributed by atoms with Crippen molar-refractivity contribution < 1.29 is 14.7 Å². The summed E-state index contributed by atoms with van der Waals surface area (Å²) in [7, 11) is 0. The molecule has 3 nitrogen and oxygen atoms in total. The first-order valence-electron chi connectivity index (χ1n) is 6.11. The Morgan fingerprint density at radius 3 is 2.28 bits per heavy atom. The Bertz CT molecular complexity index is 514. The van der Waals surface area contributed by atoms with Gasteiger partial charge < -0.3 is 5.11 Å². The minimum absolute atomic E-state index is 0.0746. The number of ketones is 2. The number of carbonyl (C=O) groups is 2. The van der Waals surface area contributed by atoms with E-state index in [2.05, 4.69) is 0 Å². The Balaban J connectivity index is 2.56. The summed E-state index contributed by atoms with van der Waals surface area (Å²) in [6, 6.07) is 0. The van der Waals surface area contributed by atoms with Crippen LogP contribution in [0.5, 0.6) is 0 Å². The second kappa shape index (κ2) is 4.77. The number of rotatable bonds is 1. The van der Waals surface area contributed by atoms with Crippen LogP contribution in [0.1, 0.15) is 20.3 Å².